The lowest BCUT2D eigenvalue weighted by molar-refractivity contribution is 0.669. The minimum absolute atomic E-state index is 0.702. The Hall–Kier alpha value is -1.20. The van der Waals surface area contributed by atoms with Gasteiger partial charge in [0.25, 0.3) is 0 Å². The Bertz CT molecular complexity index is 601. The monoisotopic (exact) mass is 320 g/mol. The van der Waals surface area contributed by atoms with E-state index >= 15 is 0 Å². The first-order valence-corrected chi connectivity index (χ1v) is 7.36. The summed E-state index contributed by atoms with van der Waals surface area (Å²) in [7, 11) is 0. The molecule has 2 aromatic rings. The molecule has 0 spiro atoms. The molecular formula is C14H17BrN4. The molecule has 1 aliphatic rings. The van der Waals surface area contributed by atoms with Gasteiger partial charge in [0.05, 0.1) is 21.6 Å². The molecule has 0 radical (unpaired) electrons. The maximum Gasteiger partial charge on any atom is 0.153 e. The molecule has 0 bridgehead atoms. The van der Waals surface area contributed by atoms with Crippen LogP contribution in [0.15, 0.2) is 22.7 Å². The van der Waals surface area contributed by atoms with Crippen molar-refractivity contribution in [1.29, 1.82) is 0 Å². The molecule has 5 heteroatoms. The summed E-state index contributed by atoms with van der Waals surface area (Å²) in [4.78, 5) is 4.68. The molecule has 3 rings (SSSR count). The van der Waals surface area contributed by atoms with Crippen molar-refractivity contribution in [3.8, 4) is 5.82 Å². The van der Waals surface area contributed by atoms with Crippen LogP contribution < -0.4 is 5.32 Å². The maximum atomic E-state index is 4.68. The summed E-state index contributed by atoms with van der Waals surface area (Å²) in [6.07, 6.45) is 2.59. The molecule has 0 aliphatic heterocycles. The normalized spacial score (nSPS) is 14.9. The second-order valence-corrected chi connectivity index (χ2v) is 5.83. The molecule has 2 aromatic heterocycles. The number of nitrogens with zero attached hydrogens (tertiary/aromatic N) is 3. The van der Waals surface area contributed by atoms with Crippen molar-refractivity contribution in [2.75, 3.05) is 0 Å². The quantitative estimate of drug-likeness (QED) is 0.941. The SMILES string of the molecule is Cc1nn(-c2cccc(CNC3CC3)n2)c(C)c1Br. The van der Waals surface area contributed by atoms with E-state index < -0.39 is 0 Å². The van der Waals surface area contributed by atoms with Crippen LogP contribution >= 0.6 is 15.9 Å². The number of hydrogen-bond donors (Lipinski definition) is 1. The van der Waals surface area contributed by atoms with Crippen LogP contribution in [0.2, 0.25) is 0 Å². The Morgan fingerprint density at radius 1 is 1.37 bits per heavy atom. The summed E-state index contributed by atoms with van der Waals surface area (Å²) in [6.45, 7) is 4.87. The zero-order valence-corrected chi connectivity index (χ0v) is 12.7. The number of nitrogens with one attached hydrogen (secondary N) is 1. The van der Waals surface area contributed by atoms with Crippen LogP contribution in [0, 0.1) is 13.8 Å². The predicted molar refractivity (Wildman–Crippen MR) is 78.4 cm³/mol. The molecule has 1 fully saturated rings. The Morgan fingerprint density at radius 2 is 2.16 bits per heavy atom. The van der Waals surface area contributed by atoms with Crippen molar-refractivity contribution in [3.05, 3.63) is 39.8 Å². The van der Waals surface area contributed by atoms with E-state index in [-0.39, 0.29) is 0 Å². The maximum absolute atomic E-state index is 4.68. The van der Waals surface area contributed by atoms with Crippen LogP contribution in [0.3, 0.4) is 0 Å². The minimum atomic E-state index is 0.702. The van der Waals surface area contributed by atoms with Gasteiger partial charge in [0.2, 0.25) is 0 Å². The standard InChI is InChI=1S/C14H17BrN4/c1-9-14(15)10(2)19(18-9)13-5-3-4-12(17-13)8-16-11-6-7-11/h3-5,11,16H,6-8H2,1-2H3. The lowest BCUT2D eigenvalue weighted by Gasteiger charge is -2.07. The fraction of sp³-hybridized carbons (Fsp3) is 0.429. The zero-order valence-electron chi connectivity index (χ0n) is 11.2. The predicted octanol–water partition coefficient (Wildman–Crippen LogP) is 2.90. The minimum Gasteiger partial charge on any atom is -0.308 e. The highest BCUT2D eigenvalue weighted by atomic mass is 79.9. The molecule has 1 N–H and O–H groups in total. The van der Waals surface area contributed by atoms with Gasteiger partial charge in [-0.3, -0.25) is 0 Å². The summed E-state index contributed by atoms with van der Waals surface area (Å²) >= 11 is 3.55. The highest BCUT2D eigenvalue weighted by Crippen LogP contribution is 2.22. The average Bonchev–Trinajstić information content (AvgIpc) is 3.21. The summed E-state index contributed by atoms with van der Waals surface area (Å²) in [5, 5.41) is 8.00. The van der Waals surface area contributed by atoms with Crippen LogP contribution in [0.5, 0.6) is 0 Å². The molecule has 0 atom stereocenters. The Morgan fingerprint density at radius 3 is 2.79 bits per heavy atom. The molecule has 0 aromatic carbocycles. The smallest absolute Gasteiger partial charge is 0.153 e. The summed E-state index contributed by atoms with van der Waals surface area (Å²) in [6, 6.07) is 6.79. The number of aromatic nitrogens is 3. The average molecular weight is 321 g/mol. The van der Waals surface area contributed by atoms with Crippen molar-refractivity contribution >= 4 is 15.9 Å². The van der Waals surface area contributed by atoms with E-state index in [0.29, 0.717) is 6.04 Å². The third kappa shape index (κ3) is 2.72. The van der Waals surface area contributed by atoms with E-state index in [4.69, 9.17) is 0 Å². The molecule has 1 aliphatic carbocycles. The second-order valence-electron chi connectivity index (χ2n) is 5.04. The third-order valence-electron chi connectivity index (χ3n) is 3.36. The van der Waals surface area contributed by atoms with Gasteiger partial charge in [-0.2, -0.15) is 5.10 Å². The van der Waals surface area contributed by atoms with Crippen LogP contribution in [0.1, 0.15) is 29.9 Å². The van der Waals surface area contributed by atoms with E-state index in [1.54, 1.807) is 0 Å². The first kappa shape index (κ1) is 12.8. The largest absolute Gasteiger partial charge is 0.308 e. The van der Waals surface area contributed by atoms with Gasteiger partial charge in [0.15, 0.2) is 5.82 Å². The van der Waals surface area contributed by atoms with E-state index in [1.165, 1.54) is 12.8 Å². The van der Waals surface area contributed by atoms with E-state index in [9.17, 15) is 0 Å². The van der Waals surface area contributed by atoms with Crippen LogP contribution in [0.4, 0.5) is 0 Å². The van der Waals surface area contributed by atoms with Crippen molar-refractivity contribution in [2.24, 2.45) is 0 Å². The lowest BCUT2D eigenvalue weighted by atomic mass is 10.3. The van der Waals surface area contributed by atoms with Gasteiger partial charge in [-0.1, -0.05) is 6.07 Å². The van der Waals surface area contributed by atoms with E-state index in [0.717, 1.165) is 33.9 Å². The highest BCUT2D eigenvalue weighted by molar-refractivity contribution is 9.10. The molecular weight excluding hydrogens is 304 g/mol. The van der Waals surface area contributed by atoms with E-state index in [1.807, 2.05) is 30.7 Å². The topological polar surface area (TPSA) is 42.7 Å². The number of pyridine rings is 1. The third-order valence-corrected chi connectivity index (χ3v) is 4.51. The first-order valence-electron chi connectivity index (χ1n) is 6.56. The van der Waals surface area contributed by atoms with E-state index in [2.05, 4.69) is 37.4 Å². The van der Waals surface area contributed by atoms with Crippen LogP contribution in [-0.4, -0.2) is 20.8 Å². The van der Waals surface area contributed by atoms with Gasteiger partial charge in [0.1, 0.15) is 0 Å². The fourth-order valence-corrected chi connectivity index (χ4v) is 2.31. The molecule has 0 saturated heterocycles. The van der Waals surface area contributed by atoms with Crippen molar-refractivity contribution in [3.63, 3.8) is 0 Å². The zero-order chi connectivity index (χ0) is 13.4. The van der Waals surface area contributed by atoms with Gasteiger partial charge in [-0.05, 0) is 54.8 Å². The van der Waals surface area contributed by atoms with Crippen LogP contribution in [-0.2, 0) is 6.54 Å². The number of rotatable bonds is 4. The van der Waals surface area contributed by atoms with Crippen molar-refractivity contribution < 1.29 is 0 Å². The Kier molecular flexibility index (Phi) is 3.41. The molecule has 4 nitrogen and oxygen atoms in total. The summed E-state index contributed by atoms with van der Waals surface area (Å²) < 4.78 is 2.94. The Balaban J connectivity index is 1.86. The molecule has 1 saturated carbocycles. The molecule has 0 unspecified atom stereocenters. The lowest BCUT2D eigenvalue weighted by Crippen LogP contribution is -2.16. The number of aryl methyl sites for hydroxylation is 1. The van der Waals surface area contributed by atoms with Gasteiger partial charge in [-0.25, -0.2) is 9.67 Å². The molecule has 2 heterocycles. The second kappa shape index (κ2) is 5.06. The highest BCUT2D eigenvalue weighted by Gasteiger charge is 2.20. The van der Waals surface area contributed by atoms with Crippen LogP contribution in [0.25, 0.3) is 5.82 Å². The number of halogens is 1. The molecule has 100 valence electrons. The van der Waals surface area contributed by atoms with Gasteiger partial charge in [0, 0.05) is 12.6 Å². The van der Waals surface area contributed by atoms with Gasteiger partial charge >= 0.3 is 0 Å². The fourth-order valence-electron chi connectivity index (χ4n) is 2.07. The van der Waals surface area contributed by atoms with Gasteiger partial charge in [-0.15, -0.1) is 0 Å². The number of hydrogen-bond acceptors (Lipinski definition) is 3. The summed E-state index contributed by atoms with van der Waals surface area (Å²) in [5.41, 5.74) is 3.13. The molecule has 0 amide bonds. The Labute approximate surface area is 121 Å². The van der Waals surface area contributed by atoms with Crippen molar-refractivity contribution in [1.82, 2.24) is 20.1 Å². The molecule has 19 heavy (non-hydrogen) atoms. The first-order chi connectivity index (χ1) is 9.15. The summed E-state index contributed by atoms with van der Waals surface area (Å²) in [5.74, 6) is 0.876. The van der Waals surface area contributed by atoms with Gasteiger partial charge < -0.3 is 5.32 Å². The van der Waals surface area contributed by atoms with Crippen molar-refractivity contribution in [2.45, 2.75) is 39.3 Å².